The lowest BCUT2D eigenvalue weighted by atomic mass is 9.86. The average Bonchev–Trinajstić information content (AvgIpc) is 2.86. The van der Waals surface area contributed by atoms with Crippen molar-refractivity contribution in [3.05, 3.63) is 77.4 Å². The van der Waals surface area contributed by atoms with Gasteiger partial charge in [-0.15, -0.1) is 0 Å². The molecule has 0 aliphatic carbocycles. The number of hydrogen-bond donors (Lipinski definition) is 2. The molecule has 2 aromatic carbocycles. The van der Waals surface area contributed by atoms with Gasteiger partial charge in [0.05, 0.1) is 11.3 Å². The first-order valence-electron chi connectivity index (χ1n) is 12.5. The monoisotopic (exact) mass is 502 g/mol. The van der Waals surface area contributed by atoms with Gasteiger partial charge in [0.2, 0.25) is 0 Å². The van der Waals surface area contributed by atoms with Gasteiger partial charge >= 0.3 is 6.09 Å². The van der Waals surface area contributed by atoms with E-state index < -0.39 is 11.5 Å². The van der Waals surface area contributed by atoms with Gasteiger partial charge in [0.15, 0.2) is 0 Å². The lowest BCUT2D eigenvalue weighted by molar-refractivity contribution is 0.0198. The van der Waals surface area contributed by atoms with Crippen molar-refractivity contribution < 1.29 is 19.1 Å². The predicted molar refractivity (Wildman–Crippen MR) is 143 cm³/mol. The Morgan fingerprint density at radius 2 is 1.78 bits per heavy atom. The van der Waals surface area contributed by atoms with Crippen LogP contribution < -0.4 is 16.2 Å². The van der Waals surface area contributed by atoms with Gasteiger partial charge < -0.3 is 25.8 Å². The molecule has 1 fully saturated rings. The Kier molecular flexibility index (Phi) is 7.66. The highest BCUT2D eigenvalue weighted by molar-refractivity contribution is 5.99. The first-order chi connectivity index (χ1) is 17.6. The zero-order chi connectivity index (χ0) is 26.6. The highest BCUT2D eigenvalue weighted by Gasteiger charge is 2.31. The second kappa shape index (κ2) is 10.9. The fourth-order valence-electron chi connectivity index (χ4n) is 4.58. The maximum atomic E-state index is 12.8. The van der Waals surface area contributed by atoms with Crippen LogP contribution in [0.4, 0.5) is 10.6 Å². The lowest BCUT2D eigenvalue weighted by Crippen LogP contribution is -2.42. The summed E-state index contributed by atoms with van der Waals surface area (Å²) in [6.45, 7) is 6.89. The van der Waals surface area contributed by atoms with Crippen molar-refractivity contribution in [2.24, 2.45) is 5.73 Å². The average molecular weight is 503 g/mol. The Balaban J connectivity index is 1.67. The smallest absolute Gasteiger partial charge is 0.410 e. The van der Waals surface area contributed by atoms with E-state index in [1.165, 1.54) is 0 Å². The van der Waals surface area contributed by atoms with E-state index in [1.54, 1.807) is 4.90 Å². The summed E-state index contributed by atoms with van der Waals surface area (Å²) < 4.78 is 11.7. The molecule has 8 nitrogen and oxygen atoms in total. The zero-order valence-corrected chi connectivity index (χ0v) is 21.6. The largest absolute Gasteiger partial charge is 0.488 e. The van der Waals surface area contributed by atoms with Crippen LogP contribution in [0.1, 0.15) is 61.0 Å². The fraction of sp³-hybridized carbons (Fsp3) is 0.345. The van der Waals surface area contributed by atoms with Crippen molar-refractivity contribution in [1.82, 2.24) is 9.88 Å². The van der Waals surface area contributed by atoms with Gasteiger partial charge in [-0.25, -0.2) is 9.78 Å². The normalized spacial score (nSPS) is 15.8. The van der Waals surface area contributed by atoms with Crippen LogP contribution >= 0.6 is 0 Å². The first kappa shape index (κ1) is 26.0. The number of amides is 2. The minimum Gasteiger partial charge on any atom is -0.488 e. The second-order valence-corrected chi connectivity index (χ2v) is 10.3. The molecule has 37 heavy (non-hydrogen) atoms. The van der Waals surface area contributed by atoms with Crippen LogP contribution in [0.15, 0.2) is 60.7 Å². The van der Waals surface area contributed by atoms with Crippen molar-refractivity contribution in [2.45, 2.75) is 51.7 Å². The fourth-order valence-corrected chi connectivity index (χ4v) is 4.58. The number of likely N-dealkylation sites (tertiary alicyclic amines) is 1. The summed E-state index contributed by atoms with van der Waals surface area (Å²) in [6.07, 6.45) is 1.16. The quantitative estimate of drug-likeness (QED) is 0.482. The van der Waals surface area contributed by atoms with Crippen molar-refractivity contribution in [3.8, 4) is 17.0 Å². The molecule has 1 aliphatic heterocycles. The third-order valence-corrected chi connectivity index (χ3v) is 6.24. The molecule has 8 heteroatoms. The summed E-state index contributed by atoms with van der Waals surface area (Å²) in [7, 11) is 0. The maximum Gasteiger partial charge on any atom is 0.410 e. The molecule has 3 aromatic rings. The lowest BCUT2D eigenvalue weighted by Gasteiger charge is -2.35. The number of rotatable bonds is 6. The number of para-hydroxylation sites is 1. The highest BCUT2D eigenvalue weighted by Crippen LogP contribution is 2.37. The number of ether oxygens (including phenoxy) is 2. The summed E-state index contributed by atoms with van der Waals surface area (Å²) in [4.78, 5) is 31.4. The van der Waals surface area contributed by atoms with Gasteiger partial charge in [-0.05, 0) is 62.9 Å². The molecule has 4 N–H and O–H groups in total. The SMILES string of the molecule is CC(C)(C)OC(=O)N1CCCC(c2cc(-c3ccccc3OCc3ccccc3)nc(N)c2C(N)=O)C1. The van der Waals surface area contributed by atoms with E-state index in [0.29, 0.717) is 36.7 Å². The zero-order valence-electron chi connectivity index (χ0n) is 21.6. The number of carbonyl (C=O) groups excluding carboxylic acids is 2. The Bertz CT molecular complexity index is 1270. The first-order valence-corrected chi connectivity index (χ1v) is 12.5. The van der Waals surface area contributed by atoms with E-state index in [4.69, 9.17) is 20.9 Å². The summed E-state index contributed by atoms with van der Waals surface area (Å²) in [5, 5.41) is 0. The van der Waals surface area contributed by atoms with E-state index in [9.17, 15) is 9.59 Å². The van der Waals surface area contributed by atoms with E-state index in [-0.39, 0.29) is 23.4 Å². The Morgan fingerprint density at radius 3 is 2.49 bits per heavy atom. The highest BCUT2D eigenvalue weighted by atomic mass is 16.6. The minimum absolute atomic E-state index is 0.0623. The molecule has 0 radical (unpaired) electrons. The third-order valence-electron chi connectivity index (χ3n) is 6.24. The Hall–Kier alpha value is -4.07. The van der Waals surface area contributed by atoms with Gasteiger partial charge in [0.1, 0.15) is 23.8 Å². The molecule has 1 aliphatic rings. The Morgan fingerprint density at radius 1 is 1.08 bits per heavy atom. The van der Waals surface area contributed by atoms with E-state index in [2.05, 4.69) is 4.98 Å². The van der Waals surface area contributed by atoms with Crippen LogP contribution in [0, 0.1) is 0 Å². The molecule has 1 aromatic heterocycles. The van der Waals surface area contributed by atoms with E-state index >= 15 is 0 Å². The maximum absolute atomic E-state index is 12.8. The summed E-state index contributed by atoms with van der Waals surface area (Å²) in [6, 6.07) is 19.3. The summed E-state index contributed by atoms with van der Waals surface area (Å²) in [5.41, 5.74) is 14.7. The standard InChI is InChI=1S/C29H34N4O4/c1-29(2,3)37-28(35)33-15-9-12-20(17-33)22-16-23(32-26(30)25(22)27(31)34)21-13-7-8-14-24(21)36-18-19-10-5-4-6-11-19/h4-8,10-11,13-14,16,20H,9,12,15,17-18H2,1-3H3,(H2,30,32)(H2,31,34). The Labute approximate surface area is 217 Å². The van der Waals surface area contributed by atoms with Crippen molar-refractivity contribution in [1.29, 1.82) is 0 Å². The third kappa shape index (κ3) is 6.39. The number of nitrogens with zero attached hydrogens (tertiary/aromatic N) is 2. The van der Waals surface area contributed by atoms with Crippen molar-refractivity contribution >= 4 is 17.8 Å². The molecule has 194 valence electrons. The number of benzene rings is 2. The van der Waals surface area contributed by atoms with Crippen LogP contribution in [0.5, 0.6) is 5.75 Å². The van der Waals surface area contributed by atoms with Gasteiger partial charge in [0.25, 0.3) is 5.91 Å². The van der Waals surface area contributed by atoms with Crippen LogP contribution in [-0.4, -0.2) is 40.6 Å². The number of aromatic nitrogens is 1. The number of piperidine rings is 1. The van der Waals surface area contributed by atoms with Gasteiger partial charge in [-0.1, -0.05) is 42.5 Å². The molecule has 1 unspecified atom stereocenters. The molecule has 2 amide bonds. The number of nitrogen functional groups attached to an aromatic ring is 1. The molecule has 1 saturated heterocycles. The molecule has 1 atom stereocenters. The summed E-state index contributed by atoms with van der Waals surface area (Å²) >= 11 is 0. The van der Waals surface area contributed by atoms with Gasteiger partial charge in [0, 0.05) is 24.6 Å². The van der Waals surface area contributed by atoms with E-state index in [0.717, 1.165) is 24.0 Å². The van der Waals surface area contributed by atoms with Crippen LogP contribution in [0.25, 0.3) is 11.3 Å². The van der Waals surface area contributed by atoms with Gasteiger partial charge in [-0.3, -0.25) is 4.79 Å². The molecule has 0 spiro atoms. The van der Waals surface area contributed by atoms with Gasteiger partial charge in [-0.2, -0.15) is 0 Å². The molecule has 2 heterocycles. The van der Waals surface area contributed by atoms with Crippen molar-refractivity contribution in [3.63, 3.8) is 0 Å². The number of pyridine rings is 1. The number of hydrogen-bond acceptors (Lipinski definition) is 6. The topological polar surface area (TPSA) is 121 Å². The van der Waals surface area contributed by atoms with Crippen LogP contribution in [0.3, 0.4) is 0 Å². The number of anilines is 1. The molecular formula is C29H34N4O4. The number of primary amides is 1. The number of carbonyl (C=O) groups is 2. The minimum atomic E-state index is -0.644. The molecule has 0 saturated carbocycles. The van der Waals surface area contributed by atoms with E-state index in [1.807, 2.05) is 81.4 Å². The number of nitrogens with two attached hydrogens (primary N) is 2. The molecular weight excluding hydrogens is 468 g/mol. The predicted octanol–water partition coefficient (Wildman–Crippen LogP) is 5.12. The van der Waals surface area contributed by atoms with Crippen LogP contribution in [-0.2, 0) is 11.3 Å². The van der Waals surface area contributed by atoms with Crippen molar-refractivity contribution in [2.75, 3.05) is 18.8 Å². The van der Waals surface area contributed by atoms with Crippen LogP contribution in [0.2, 0.25) is 0 Å². The molecule has 4 rings (SSSR count). The second-order valence-electron chi connectivity index (χ2n) is 10.3. The summed E-state index contributed by atoms with van der Waals surface area (Å²) in [5.74, 6) is -0.0814. The molecule has 0 bridgehead atoms.